The van der Waals surface area contributed by atoms with Crippen LogP contribution in [-0.2, 0) is 44.2 Å². The van der Waals surface area contributed by atoms with E-state index in [0.29, 0.717) is 0 Å². The SMILES string of the molecule is CO[C@@H]1[C@H](OP(O)(=S)OC(C)(C)C)[C@@H](OCP(=O)(O)OC)O[C@H]1n1ccc(=O)[nH]c1=O. The van der Waals surface area contributed by atoms with Crippen LogP contribution in [0.4, 0.5) is 0 Å². The molecule has 0 aliphatic carbocycles. The largest absolute Gasteiger partial charge is 0.374 e. The summed E-state index contributed by atoms with van der Waals surface area (Å²) in [6.07, 6.45) is -4.59. The molecule has 0 bridgehead atoms. The van der Waals surface area contributed by atoms with Gasteiger partial charge in [-0.2, -0.15) is 0 Å². The van der Waals surface area contributed by atoms with E-state index in [1.54, 1.807) is 20.8 Å². The van der Waals surface area contributed by atoms with Crippen LogP contribution in [0.5, 0.6) is 0 Å². The molecule has 1 aromatic heterocycles. The van der Waals surface area contributed by atoms with Gasteiger partial charge in [0.05, 0.1) is 5.60 Å². The molecule has 3 N–H and O–H groups in total. The first-order valence-corrected chi connectivity index (χ1v) is 13.2. The average molecular weight is 504 g/mol. The van der Waals surface area contributed by atoms with Crippen molar-refractivity contribution in [2.75, 3.05) is 20.6 Å². The summed E-state index contributed by atoms with van der Waals surface area (Å²) in [7, 11) is -1.79. The molecule has 0 amide bonds. The lowest BCUT2D eigenvalue weighted by Crippen LogP contribution is -2.40. The molecule has 1 saturated heterocycles. The van der Waals surface area contributed by atoms with E-state index in [4.69, 9.17) is 35.1 Å². The van der Waals surface area contributed by atoms with Crippen LogP contribution < -0.4 is 11.2 Å². The molecule has 2 unspecified atom stereocenters. The second-order valence-electron chi connectivity index (χ2n) is 7.47. The summed E-state index contributed by atoms with van der Waals surface area (Å²) in [4.78, 5) is 45.9. The molecule has 16 heteroatoms. The van der Waals surface area contributed by atoms with E-state index < -0.39 is 62.2 Å². The lowest BCUT2D eigenvalue weighted by Gasteiger charge is -2.30. The van der Waals surface area contributed by atoms with Gasteiger partial charge in [-0.1, -0.05) is 0 Å². The number of aromatic nitrogens is 2. The summed E-state index contributed by atoms with van der Waals surface area (Å²) >= 11 is 5.07. The zero-order valence-corrected chi connectivity index (χ0v) is 20.1. The second-order valence-corrected chi connectivity index (χ2v) is 12.1. The highest BCUT2D eigenvalue weighted by Gasteiger charge is 2.51. The van der Waals surface area contributed by atoms with Gasteiger partial charge in [0.2, 0.25) is 0 Å². The summed E-state index contributed by atoms with van der Waals surface area (Å²) in [5.74, 6) is 0. The van der Waals surface area contributed by atoms with Crippen LogP contribution in [0.25, 0.3) is 0 Å². The smallest absolute Gasteiger partial charge is 0.353 e. The van der Waals surface area contributed by atoms with Crippen molar-refractivity contribution < 1.29 is 42.1 Å². The number of methoxy groups -OCH3 is 1. The molecule has 31 heavy (non-hydrogen) atoms. The molecule has 2 heterocycles. The van der Waals surface area contributed by atoms with Crippen LogP contribution in [0.1, 0.15) is 27.0 Å². The van der Waals surface area contributed by atoms with Crippen molar-refractivity contribution in [3.8, 4) is 0 Å². The molecule has 0 saturated carbocycles. The highest BCUT2D eigenvalue weighted by molar-refractivity contribution is 8.07. The lowest BCUT2D eigenvalue weighted by molar-refractivity contribution is -0.167. The standard InChI is InChI=1S/C15H26N2O11P2S/c1-15(2,3)28-30(22,31)27-11-10(23-4)12(17-7-6-9(18)16-14(17)19)26-13(11)25-8-29(20,21)24-5/h6-7,10-13H,8H2,1-5H3,(H,20,21)(H,22,31)(H,16,18,19)/t10-,11+,12-,13+,30?/m1/s1. The Bertz CT molecular complexity index is 975. The summed E-state index contributed by atoms with van der Waals surface area (Å²) in [6, 6.07) is 1.09. The molecule has 1 aliphatic heterocycles. The van der Waals surface area contributed by atoms with E-state index in [1.807, 2.05) is 0 Å². The van der Waals surface area contributed by atoms with Crippen LogP contribution >= 0.6 is 14.3 Å². The quantitative estimate of drug-likeness (QED) is 0.402. The topological polar surface area (TPSA) is 168 Å². The first-order chi connectivity index (χ1) is 14.2. The number of ether oxygens (including phenoxy) is 3. The lowest BCUT2D eigenvalue weighted by atomic mass is 10.2. The van der Waals surface area contributed by atoms with Crippen molar-refractivity contribution in [2.24, 2.45) is 0 Å². The molecule has 178 valence electrons. The van der Waals surface area contributed by atoms with E-state index in [9.17, 15) is 23.9 Å². The maximum absolute atomic E-state index is 12.2. The Balaban J connectivity index is 2.39. The van der Waals surface area contributed by atoms with Crippen LogP contribution in [0.2, 0.25) is 0 Å². The molecule has 2 rings (SSSR count). The number of hydrogen-bond donors (Lipinski definition) is 3. The zero-order chi connectivity index (χ0) is 23.6. The third-order valence-corrected chi connectivity index (χ3v) is 6.69. The minimum Gasteiger partial charge on any atom is -0.374 e. The second kappa shape index (κ2) is 10.0. The summed E-state index contributed by atoms with van der Waals surface area (Å²) < 4.78 is 44.7. The number of nitrogens with zero attached hydrogens (tertiary/aromatic N) is 1. The van der Waals surface area contributed by atoms with Gasteiger partial charge < -0.3 is 33.0 Å². The van der Waals surface area contributed by atoms with Crippen LogP contribution in [-0.4, -0.2) is 64.0 Å². The van der Waals surface area contributed by atoms with Gasteiger partial charge in [0.15, 0.2) is 18.9 Å². The number of hydrogen-bond acceptors (Lipinski definition) is 10. The molecule has 13 nitrogen and oxygen atoms in total. The fourth-order valence-corrected chi connectivity index (χ4v) is 5.37. The van der Waals surface area contributed by atoms with Gasteiger partial charge in [0.25, 0.3) is 5.56 Å². The van der Waals surface area contributed by atoms with Crippen LogP contribution in [0.3, 0.4) is 0 Å². The monoisotopic (exact) mass is 504 g/mol. The van der Waals surface area contributed by atoms with Gasteiger partial charge >= 0.3 is 20.0 Å². The van der Waals surface area contributed by atoms with Crippen molar-refractivity contribution in [1.82, 2.24) is 9.55 Å². The molecule has 6 atom stereocenters. The highest BCUT2D eigenvalue weighted by atomic mass is 32.5. The molecular weight excluding hydrogens is 478 g/mol. The summed E-state index contributed by atoms with van der Waals surface area (Å²) in [5, 5.41) is 0. The Morgan fingerprint density at radius 3 is 2.42 bits per heavy atom. The predicted octanol–water partition coefficient (Wildman–Crippen LogP) is 0.629. The number of rotatable bonds is 9. The number of aromatic amines is 1. The number of H-pyrrole nitrogens is 1. The Morgan fingerprint density at radius 1 is 1.26 bits per heavy atom. The Kier molecular flexibility index (Phi) is 8.56. The van der Waals surface area contributed by atoms with E-state index in [2.05, 4.69) is 9.51 Å². The normalized spacial score (nSPS) is 28.2. The molecule has 0 aromatic carbocycles. The van der Waals surface area contributed by atoms with Crippen molar-refractivity contribution in [3.05, 3.63) is 33.1 Å². The zero-order valence-electron chi connectivity index (χ0n) is 17.5. The Hall–Kier alpha value is -0.760. The maximum Gasteiger partial charge on any atom is 0.353 e. The van der Waals surface area contributed by atoms with Gasteiger partial charge in [0, 0.05) is 26.5 Å². The third kappa shape index (κ3) is 7.37. The fourth-order valence-electron chi connectivity index (χ4n) is 2.70. The van der Waals surface area contributed by atoms with E-state index in [1.165, 1.54) is 13.3 Å². The molecule has 0 spiro atoms. The first kappa shape index (κ1) is 26.5. The first-order valence-electron chi connectivity index (χ1n) is 8.89. The number of nitrogens with one attached hydrogen (secondary N) is 1. The van der Waals surface area contributed by atoms with Gasteiger partial charge in [-0.3, -0.25) is 23.4 Å². The Morgan fingerprint density at radius 2 is 1.90 bits per heavy atom. The maximum atomic E-state index is 12.2. The summed E-state index contributed by atoms with van der Waals surface area (Å²) in [6.45, 7) is 1.09. The van der Waals surface area contributed by atoms with E-state index in [-0.39, 0.29) is 0 Å². The van der Waals surface area contributed by atoms with Crippen molar-refractivity contribution in [3.63, 3.8) is 0 Å². The molecule has 1 fully saturated rings. The van der Waals surface area contributed by atoms with Gasteiger partial charge in [-0.15, -0.1) is 0 Å². The predicted molar refractivity (Wildman–Crippen MR) is 111 cm³/mol. The highest BCUT2D eigenvalue weighted by Crippen LogP contribution is 2.52. The van der Waals surface area contributed by atoms with E-state index >= 15 is 0 Å². The van der Waals surface area contributed by atoms with Crippen LogP contribution in [0.15, 0.2) is 21.9 Å². The summed E-state index contributed by atoms with van der Waals surface area (Å²) in [5.41, 5.74) is -2.29. The molecule has 0 radical (unpaired) electrons. The van der Waals surface area contributed by atoms with Crippen molar-refractivity contribution in [2.45, 2.75) is 51.1 Å². The van der Waals surface area contributed by atoms with Gasteiger partial charge in [0.1, 0.15) is 12.2 Å². The van der Waals surface area contributed by atoms with Gasteiger partial charge in [-0.25, -0.2) is 4.79 Å². The molecule has 1 aliphatic rings. The van der Waals surface area contributed by atoms with Gasteiger partial charge in [-0.05, 0) is 32.6 Å². The van der Waals surface area contributed by atoms with Crippen molar-refractivity contribution >= 4 is 26.1 Å². The molecule has 1 aromatic rings. The third-order valence-electron chi connectivity index (χ3n) is 3.88. The van der Waals surface area contributed by atoms with E-state index in [0.717, 1.165) is 17.7 Å². The van der Waals surface area contributed by atoms with Crippen LogP contribution in [0, 0.1) is 0 Å². The average Bonchev–Trinajstić information content (AvgIpc) is 2.94. The molecular formula is C15H26N2O11P2S. The Labute approximate surface area is 183 Å². The minimum absolute atomic E-state index is 0.625. The van der Waals surface area contributed by atoms with Crippen molar-refractivity contribution in [1.29, 1.82) is 0 Å². The minimum atomic E-state index is -4.10. The fraction of sp³-hybridized carbons (Fsp3) is 0.733.